The third-order valence-corrected chi connectivity index (χ3v) is 7.94. The van der Waals surface area contributed by atoms with Gasteiger partial charge in [0.05, 0.1) is 22.3 Å². The summed E-state index contributed by atoms with van der Waals surface area (Å²) in [5.41, 5.74) is 1.63. The summed E-state index contributed by atoms with van der Waals surface area (Å²) >= 11 is 0. The molecule has 1 fully saturated rings. The fourth-order valence-electron chi connectivity index (χ4n) is 4.23. The average molecular weight is 480 g/mol. The van der Waals surface area contributed by atoms with E-state index in [1.54, 1.807) is 24.3 Å². The Labute approximate surface area is 200 Å². The monoisotopic (exact) mass is 479 g/mol. The van der Waals surface area contributed by atoms with E-state index in [9.17, 15) is 18.3 Å². The Morgan fingerprint density at radius 1 is 0.941 bits per heavy atom. The molecule has 0 aromatic heterocycles. The van der Waals surface area contributed by atoms with Gasteiger partial charge in [0, 0.05) is 13.1 Å². The second kappa shape index (κ2) is 11.0. The topological polar surface area (TPSA) is 83.9 Å². The lowest BCUT2D eigenvalue weighted by molar-refractivity contribution is 0.0245. The van der Waals surface area contributed by atoms with Gasteiger partial charge in [0.15, 0.2) is 9.84 Å². The predicted octanol–water partition coefficient (Wildman–Crippen LogP) is 3.61. The number of piperidine rings is 1. The van der Waals surface area contributed by atoms with Crippen LogP contribution in [-0.2, 0) is 16.3 Å². The number of esters is 1. The van der Waals surface area contributed by atoms with Crippen molar-refractivity contribution in [2.75, 3.05) is 25.4 Å². The minimum absolute atomic E-state index is 0.0355. The number of β-amino-alcohol motifs (C(OH)–C–C–N with tert-alkyl or cyclic N) is 1. The van der Waals surface area contributed by atoms with Gasteiger partial charge in [0.1, 0.15) is 5.75 Å². The van der Waals surface area contributed by atoms with Crippen LogP contribution in [0.15, 0.2) is 89.8 Å². The molecule has 3 aromatic carbocycles. The molecule has 0 radical (unpaired) electrons. The van der Waals surface area contributed by atoms with Crippen molar-refractivity contribution in [1.82, 2.24) is 4.90 Å². The highest BCUT2D eigenvalue weighted by molar-refractivity contribution is 7.91. The van der Waals surface area contributed by atoms with Crippen molar-refractivity contribution in [1.29, 1.82) is 0 Å². The van der Waals surface area contributed by atoms with Gasteiger partial charge in [0.2, 0.25) is 0 Å². The number of aliphatic hydroxyl groups is 1. The van der Waals surface area contributed by atoms with Crippen molar-refractivity contribution in [3.63, 3.8) is 0 Å². The standard InChI is InChI=1S/C27H29NO5S/c29-26-20-28(16-15-23(26)19-21-7-3-1-4-8-21)17-18-34(31,32)25-13-11-24(12-14-25)33-27(30)22-9-5-2-6-10-22/h1-14,23,26,29H,15-20H2/t23-,26-/m1/s1. The second-order valence-electron chi connectivity index (χ2n) is 8.65. The quantitative estimate of drug-likeness (QED) is 0.393. The number of rotatable bonds is 8. The normalized spacial score (nSPS) is 19.0. The number of ether oxygens (including phenoxy) is 1. The summed E-state index contributed by atoms with van der Waals surface area (Å²) in [4.78, 5) is 14.4. The number of nitrogens with zero attached hydrogens (tertiary/aromatic N) is 1. The van der Waals surface area contributed by atoms with E-state index >= 15 is 0 Å². The molecule has 2 atom stereocenters. The molecular weight excluding hydrogens is 450 g/mol. The number of carbonyl (C=O) groups is 1. The van der Waals surface area contributed by atoms with E-state index in [1.165, 1.54) is 29.8 Å². The summed E-state index contributed by atoms with van der Waals surface area (Å²) in [6.45, 7) is 1.60. The SMILES string of the molecule is O=C(Oc1ccc(S(=O)(=O)CCN2CC[C@H](Cc3ccccc3)[C@H](O)C2)cc1)c1ccccc1. The second-order valence-corrected chi connectivity index (χ2v) is 10.8. The van der Waals surface area contributed by atoms with Gasteiger partial charge >= 0.3 is 5.97 Å². The van der Waals surface area contributed by atoms with E-state index in [-0.39, 0.29) is 22.3 Å². The molecule has 0 unspecified atom stereocenters. The van der Waals surface area contributed by atoms with Gasteiger partial charge < -0.3 is 9.84 Å². The Morgan fingerprint density at radius 3 is 2.24 bits per heavy atom. The molecule has 0 spiro atoms. The van der Waals surface area contributed by atoms with Gasteiger partial charge in [-0.1, -0.05) is 48.5 Å². The molecule has 4 rings (SSSR count). The van der Waals surface area contributed by atoms with Crippen molar-refractivity contribution in [3.05, 3.63) is 96.1 Å². The average Bonchev–Trinajstić information content (AvgIpc) is 2.86. The Morgan fingerprint density at radius 2 is 1.59 bits per heavy atom. The van der Waals surface area contributed by atoms with Crippen LogP contribution in [0.1, 0.15) is 22.3 Å². The van der Waals surface area contributed by atoms with Gasteiger partial charge in [-0.25, -0.2) is 13.2 Å². The molecule has 0 aliphatic carbocycles. The molecule has 3 aromatic rings. The zero-order valence-corrected chi connectivity index (χ0v) is 19.7. The highest BCUT2D eigenvalue weighted by Gasteiger charge is 2.28. The molecule has 178 valence electrons. The molecule has 1 aliphatic rings. The minimum atomic E-state index is -3.50. The predicted molar refractivity (Wildman–Crippen MR) is 131 cm³/mol. The Bertz CT molecular complexity index is 1180. The van der Waals surface area contributed by atoms with E-state index in [1.807, 2.05) is 29.2 Å². The molecular formula is C27H29NO5S. The fourth-order valence-corrected chi connectivity index (χ4v) is 5.51. The molecule has 0 bridgehead atoms. The van der Waals surface area contributed by atoms with E-state index in [0.29, 0.717) is 18.7 Å². The van der Waals surface area contributed by atoms with E-state index < -0.39 is 21.9 Å². The molecule has 1 heterocycles. The molecule has 7 heteroatoms. The summed E-state index contributed by atoms with van der Waals surface area (Å²) in [5, 5.41) is 10.6. The molecule has 0 saturated carbocycles. The first-order valence-corrected chi connectivity index (χ1v) is 13.1. The number of carbonyl (C=O) groups excluding carboxylic acids is 1. The van der Waals surface area contributed by atoms with Gasteiger partial charge in [-0.05, 0) is 67.3 Å². The largest absolute Gasteiger partial charge is 0.423 e. The third-order valence-electron chi connectivity index (χ3n) is 6.23. The summed E-state index contributed by atoms with van der Waals surface area (Å²) in [6, 6.07) is 24.6. The first kappa shape index (κ1) is 24.1. The zero-order valence-electron chi connectivity index (χ0n) is 18.9. The summed E-state index contributed by atoms with van der Waals surface area (Å²) in [5.74, 6) is -0.0603. The van der Waals surface area contributed by atoms with Crippen molar-refractivity contribution < 1.29 is 23.1 Å². The van der Waals surface area contributed by atoms with Gasteiger partial charge in [-0.2, -0.15) is 0 Å². The molecule has 34 heavy (non-hydrogen) atoms. The van der Waals surface area contributed by atoms with Crippen LogP contribution in [0.4, 0.5) is 0 Å². The summed E-state index contributed by atoms with van der Waals surface area (Å²) in [6.07, 6.45) is 1.18. The number of hydrogen-bond acceptors (Lipinski definition) is 6. The zero-order chi connectivity index (χ0) is 24.0. The molecule has 6 nitrogen and oxygen atoms in total. The first-order valence-electron chi connectivity index (χ1n) is 11.4. The maximum Gasteiger partial charge on any atom is 0.343 e. The van der Waals surface area contributed by atoms with Crippen LogP contribution in [0.5, 0.6) is 5.75 Å². The minimum Gasteiger partial charge on any atom is -0.423 e. The van der Waals surface area contributed by atoms with E-state index in [4.69, 9.17) is 4.74 Å². The maximum absolute atomic E-state index is 12.8. The van der Waals surface area contributed by atoms with Crippen LogP contribution in [-0.4, -0.2) is 55.9 Å². The molecule has 1 N–H and O–H groups in total. The van der Waals surface area contributed by atoms with Crippen LogP contribution >= 0.6 is 0 Å². The lowest BCUT2D eigenvalue weighted by Gasteiger charge is -2.36. The highest BCUT2D eigenvalue weighted by Crippen LogP contribution is 2.23. The van der Waals surface area contributed by atoms with Crippen LogP contribution in [0.3, 0.4) is 0 Å². The number of likely N-dealkylation sites (tertiary alicyclic amines) is 1. The Hall–Kier alpha value is -3.00. The number of aliphatic hydroxyl groups excluding tert-OH is 1. The first-order chi connectivity index (χ1) is 16.4. The number of benzene rings is 3. The van der Waals surface area contributed by atoms with Gasteiger partial charge in [-0.15, -0.1) is 0 Å². The van der Waals surface area contributed by atoms with Crippen molar-refractivity contribution in [3.8, 4) is 5.75 Å². The van der Waals surface area contributed by atoms with Crippen molar-refractivity contribution in [2.45, 2.75) is 23.8 Å². The maximum atomic E-state index is 12.8. The van der Waals surface area contributed by atoms with Crippen molar-refractivity contribution >= 4 is 15.8 Å². The molecule has 1 aliphatic heterocycles. The van der Waals surface area contributed by atoms with Crippen LogP contribution in [0, 0.1) is 5.92 Å². The van der Waals surface area contributed by atoms with Crippen LogP contribution < -0.4 is 4.74 Å². The Kier molecular flexibility index (Phi) is 7.77. The third kappa shape index (κ3) is 6.32. The molecule has 1 saturated heterocycles. The lowest BCUT2D eigenvalue weighted by Crippen LogP contribution is -2.46. The molecule has 0 amide bonds. The summed E-state index contributed by atoms with van der Waals surface area (Å²) < 4.78 is 31.0. The Balaban J connectivity index is 1.28. The van der Waals surface area contributed by atoms with Crippen molar-refractivity contribution in [2.24, 2.45) is 5.92 Å². The van der Waals surface area contributed by atoms with Gasteiger partial charge in [-0.3, -0.25) is 4.90 Å². The van der Waals surface area contributed by atoms with Gasteiger partial charge in [0.25, 0.3) is 0 Å². The number of hydrogen-bond donors (Lipinski definition) is 1. The lowest BCUT2D eigenvalue weighted by atomic mass is 9.88. The van der Waals surface area contributed by atoms with E-state index in [2.05, 4.69) is 12.1 Å². The fraction of sp³-hybridized carbons (Fsp3) is 0.296. The van der Waals surface area contributed by atoms with Crippen LogP contribution in [0.2, 0.25) is 0 Å². The van der Waals surface area contributed by atoms with Crippen LogP contribution in [0.25, 0.3) is 0 Å². The smallest absolute Gasteiger partial charge is 0.343 e. The highest BCUT2D eigenvalue weighted by atomic mass is 32.2. The number of sulfone groups is 1. The van der Waals surface area contributed by atoms with E-state index in [0.717, 1.165) is 19.4 Å². The summed E-state index contributed by atoms with van der Waals surface area (Å²) in [7, 11) is -3.50.